The Morgan fingerprint density at radius 3 is 2.25 bits per heavy atom. The number of nitrogens with zero attached hydrogens (tertiary/aromatic N) is 1. The number of ether oxygens (including phenoxy) is 2. The highest BCUT2D eigenvalue weighted by Gasteiger charge is 2.34. The van der Waals surface area contributed by atoms with Crippen LogP contribution in [0.4, 0.5) is 0 Å². The first-order chi connectivity index (χ1) is 24.7. The summed E-state index contributed by atoms with van der Waals surface area (Å²) in [5, 5.41) is 32.5. The maximum absolute atomic E-state index is 12.4. The third-order valence-electron chi connectivity index (χ3n) is 9.60. The zero-order valence-electron chi connectivity index (χ0n) is 29.5. The lowest BCUT2D eigenvalue weighted by Crippen LogP contribution is -2.43. The van der Waals surface area contributed by atoms with Crippen LogP contribution < -0.4 is 5.32 Å². The van der Waals surface area contributed by atoms with Crippen molar-refractivity contribution in [2.45, 2.75) is 89.2 Å². The monoisotopic (exact) mass is 694 g/mol. The minimum atomic E-state index is -0.809. The molecule has 5 atom stereocenters. The van der Waals surface area contributed by atoms with Gasteiger partial charge in [0.1, 0.15) is 0 Å². The van der Waals surface area contributed by atoms with Crippen LogP contribution in [0.15, 0.2) is 103 Å². The van der Waals surface area contributed by atoms with Crippen molar-refractivity contribution < 1.29 is 34.4 Å². The number of carbonyl (C=O) groups excluding carboxylic acids is 1. The highest BCUT2D eigenvalue weighted by molar-refractivity contribution is 5.76. The molecule has 1 amide bonds. The van der Waals surface area contributed by atoms with Crippen LogP contribution in [0.25, 0.3) is 11.1 Å². The van der Waals surface area contributed by atoms with Crippen molar-refractivity contribution in [3.05, 3.63) is 131 Å². The third kappa shape index (κ3) is 11.1. The SMILES string of the molecule is C[C@@H]([C@H](O)c1ccccc1)N(C)C[C@@H]1C[C@H](c2ccc(CO)cc2)O[C@H](c2cccc(-c3cccc(CNC(=O)CCCCCC(=O)O)c3)c2)O1. The Morgan fingerprint density at radius 2 is 1.53 bits per heavy atom. The molecular formula is C42H50N2O7. The average molecular weight is 695 g/mol. The van der Waals surface area contributed by atoms with Crippen molar-refractivity contribution >= 4 is 11.9 Å². The Balaban J connectivity index is 1.28. The van der Waals surface area contributed by atoms with Crippen LogP contribution >= 0.6 is 0 Å². The number of benzene rings is 4. The van der Waals surface area contributed by atoms with Gasteiger partial charge in [0.2, 0.25) is 5.91 Å². The van der Waals surface area contributed by atoms with E-state index in [1.807, 2.05) is 105 Å². The van der Waals surface area contributed by atoms with E-state index in [-0.39, 0.29) is 37.2 Å². The quantitative estimate of drug-likeness (QED) is 0.0863. The number of rotatable bonds is 17. The van der Waals surface area contributed by atoms with Gasteiger partial charge in [-0.2, -0.15) is 0 Å². The maximum Gasteiger partial charge on any atom is 0.303 e. The van der Waals surface area contributed by atoms with Crippen molar-refractivity contribution in [1.82, 2.24) is 10.2 Å². The number of hydrogen-bond donors (Lipinski definition) is 4. The standard InChI is InChI=1S/C42H50N2O7/c1-29(41(49)33-12-5-3-6-13-33)44(2)27-37-25-38(32-21-19-30(28-45)20-22-32)51-42(50-37)36-16-10-15-35(24-36)34-14-9-11-31(23-34)26-43-39(46)17-7-4-8-18-40(47)48/h3,5-6,9-16,19-24,29,37-38,41-42,45,49H,4,7-8,17-18,25-28H2,1-2H3,(H,43,46)(H,47,48)/t29-,37-,38+,41-,42+/m0/s1. The summed E-state index contributed by atoms with van der Waals surface area (Å²) in [5.74, 6) is -0.856. The van der Waals surface area contributed by atoms with Gasteiger partial charge in [-0.05, 0) is 72.3 Å². The summed E-state index contributed by atoms with van der Waals surface area (Å²) >= 11 is 0. The van der Waals surface area contributed by atoms with Gasteiger partial charge in [0.05, 0.1) is 24.9 Å². The summed E-state index contributed by atoms with van der Waals surface area (Å²) in [4.78, 5) is 25.2. The van der Waals surface area contributed by atoms with Gasteiger partial charge >= 0.3 is 5.97 Å². The molecule has 1 saturated heterocycles. The van der Waals surface area contributed by atoms with Gasteiger partial charge < -0.3 is 30.1 Å². The smallest absolute Gasteiger partial charge is 0.303 e. The van der Waals surface area contributed by atoms with E-state index < -0.39 is 18.4 Å². The van der Waals surface area contributed by atoms with Gasteiger partial charge in [-0.1, -0.05) is 97.4 Å². The second-order valence-electron chi connectivity index (χ2n) is 13.4. The molecule has 4 aromatic rings. The average Bonchev–Trinajstić information content (AvgIpc) is 3.16. The second kappa shape index (κ2) is 18.7. The second-order valence-corrected chi connectivity index (χ2v) is 13.4. The van der Waals surface area contributed by atoms with Gasteiger partial charge in [-0.3, -0.25) is 14.5 Å². The summed E-state index contributed by atoms with van der Waals surface area (Å²) in [7, 11) is 2.01. The van der Waals surface area contributed by atoms with E-state index in [1.165, 1.54) is 0 Å². The maximum atomic E-state index is 12.4. The van der Waals surface area contributed by atoms with E-state index in [9.17, 15) is 19.8 Å². The number of carboxylic acids is 1. The molecule has 0 spiro atoms. The fourth-order valence-corrected chi connectivity index (χ4v) is 6.44. The topological polar surface area (TPSA) is 129 Å². The van der Waals surface area contributed by atoms with Crippen LogP contribution in [-0.4, -0.2) is 57.8 Å². The number of unbranched alkanes of at least 4 members (excludes halogenated alkanes) is 2. The van der Waals surface area contributed by atoms with E-state index in [0.717, 1.165) is 38.9 Å². The lowest BCUT2D eigenvalue weighted by atomic mass is 9.97. The highest BCUT2D eigenvalue weighted by Crippen LogP contribution is 2.39. The molecule has 1 fully saturated rings. The first kappa shape index (κ1) is 37.9. The molecule has 1 heterocycles. The lowest BCUT2D eigenvalue weighted by molar-refractivity contribution is -0.253. The molecule has 9 heteroatoms. The summed E-state index contributed by atoms with van der Waals surface area (Å²) in [6.45, 7) is 2.99. The fourth-order valence-electron chi connectivity index (χ4n) is 6.44. The number of nitrogens with one attached hydrogen (secondary N) is 1. The zero-order chi connectivity index (χ0) is 36.2. The Hall–Kier alpha value is -4.38. The third-order valence-corrected chi connectivity index (χ3v) is 9.60. The minimum absolute atomic E-state index is 0.0247. The molecule has 0 aliphatic carbocycles. The fraction of sp³-hybridized carbons (Fsp3) is 0.381. The molecule has 5 rings (SSSR count). The summed E-state index contributed by atoms with van der Waals surface area (Å²) in [6, 6.07) is 33.6. The summed E-state index contributed by atoms with van der Waals surface area (Å²) < 4.78 is 13.3. The number of carbonyl (C=O) groups is 2. The summed E-state index contributed by atoms with van der Waals surface area (Å²) in [6.07, 6.45) is 1.38. The van der Waals surface area contributed by atoms with Crippen molar-refractivity contribution in [2.24, 2.45) is 0 Å². The Bertz CT molecular complexity index is 1700. The largest absolute Gasteiger partial charge is 0.481 e. The number of aliphatic carboxylic acids is 1. The molecule has 9 nitrogen and oxygen atoms in total. The molecule has 4 aromatic carbocycles. The molecule has 51 heavy (non-hydrogen) atoms. The van der Waals surface area contributed by atoms with Crippen LogP contribution in [0, 0.1) is 0 Å². The Morgan fingerprint density at radius 1 is 0.824 bits per heavy atom. The van der Waals surface area contributed by atoms with Gasteiger partial charge in [0, 0.05) is 44.0 Å². The normalized spacial score (nSPS) is 18.6. The molecule has 270 valence electrons. The highest BCUT2D eigenvalue weighted by atomic mass is 16.7. The first-order valence-electron chi connectivity index (χ1n) is 17.8. The number of likely N-dealkylation sites (N-methyl/N-ethyl adjacent to an activating group) is 1. The van der Waals surface area contributed by atoms with Crippen LogP contribution in [-0.2, 0) is 32.2 Å². The van der Waals surface area contributed by atoms with Gasteiger partial charge in [-0.25, -0.2) is 0 Å². The van der Waals surface area contributed by atoms with E-state index in [2.05, 4.69) is 22.3 Å². The number of hydrogen-bond acceptors (Lipinski definition) is 7. The molecule has 0 aromatic heterocycles. The molecule has 1 aliphatic rings. The Kier molecular flexibility index (Phi) is 13.9. The molecule has 0 saturated carbocycles. The molecular weight excluding hydrogens is 644 g/mol. The predicted molar refractivity (Wildman–Crippen MR) is 196 cm³/mol. The van der Waals surface area contributed by atoms with Gasteiger partial charge in [-0.15, -0.1) is 0 Å². The van der Waals surface area contributed by atoms with Crippen molar-refractivity contribution in [3.63, 3.8) is 0 Å². The molecule has 1 aliphatic heterocycles. The number of aliphatic hydroxyl groups excluding tert-OH is 2. The molecule has 0 bridgehead atoms. The van der Waals surface area contributed by atoms with Crippen LogP contribution in [0.1, 0.15) is 91.8 Å². The van der Waals surface area contributed by atoms with E-state index in [1.54, 1.807) is 0 Å². The first-order valence-corrected chi connectivity index (χ1v) is 17.8. The Labute approximate surface area is 300 Å². The van der Waals surface area contributed by atoms with Crippen molar-refractivity contribution in [3.8, 4) is 11.1 Å². The molecule has 0 radical (unpaired) electrons. The molecule has 0 unspecified atom stereocenters. The van der Waals surface area contributed by atoms with Crippen LogP contribution in [0.5, 0.6) is 0 Å². The number of aliphatic hydroxyl groups is 2. The van der Waals surface area contributed by atoms with Gasteiger partial charge in [0.25, 0.3) is 0 Å². The lowest BCUT2D eigenvalue weighted by Gasteiger charge is -2.39. The van der Waals surface area contributed by atoms with Crippen molar-refractivity contribution in [2.75, 3.05) is 13.6 Å². The van der Waals surface area contributed by atoms with Crippen molar-refractivity contribution in [1.29, 1.82) is 0 Å². The minimum Gasteiger partial charge on any atom is -0.481 e. The zero-order valence-corrected chi connectivity index (χ0v) is 29.5. The van der Waals surface area contributed by atoms with Crippen LogP contribution in [0.3, 0.4) is 0 Å². The van der Waals surface area contributed by atoms with E-state index in [0.29, 0.717) is 45.2 Å². The van der Waals surface area contributed by atoms with Crippen LogP contribution in [0.2, 0.25) is 0 Å². The van der Waals surface area contributed by atoms with Gasteiger partial charge in [0.15, 0.2) is 6.29 Å². The molecule has 4 N–H and O–H groups in total. The van der Waals surface area contributed by atoms with E-state index in [4.69, 9.17) is 14.6 Å². The van der Waals surface area contributed by atoms with E-state index >= 15 is 0 Å². The summed E-state index contributed by atoms with van der Waals surface area (Å²) in [5.41, 5.74) is 6.58. The predicted octanol–water partition coefficient (Wildman–Crippen LogP) is 7.10. The number of carboxylic acid groups (broad SMARTS) is 1. The number of amides is 1.